The molecule has 1 N–H and O–H groups in total. The van der Waals surface area contributed by atoms with Crippen molar-refractivity contribution in [3.8, 4) is 11.3 Å². The molecule has 3 rings (SSSR count). The maximum absolute atomic E-state index is 12.3. The summed E-state index contributed by atoms with van der Waals surface area (Å²) in [4.78, 5) is 28.6. The van der Waals surface area contributed by atoms with Crippen molar-refractivity contribution in [3.05, 3.63) is 65.4 Å². The summed E-state index contributed by atoms with van der Waals surface area (Å²) in [6, 6.07) is 12.8. The van der Waals surface area contributed by atoms with Gasteiger partial charge in [-0.3, -0.25) is 4.79 Å². The lowest BCUT2D eigenvalue weighted by Crippen LogP contribution is -2.17. The second-order valence-corrected chi connectivity index (χ2v) is 7.32. The lowest BCUT2D eigenvalue weighted by Gasteiger charge is -2.09. The van der Waals surface area contributed by atoms with E-state index in [-0.39, 0.29) is 18.3 Å². The van der Waals surface area contributed by atoms with Crippen molar-refractivity contribution < 1.29 is 18.7 Å². The van der Waals surface area contributed by atoms with Crippen LogP contribution in [-0.2, 0) is 9.53 Å². The maximum atomic E-state index is 12.3. The van der Waals surface area contributed by atoms with E-state index >= 15 is 0 Å². The lowest BCUT2D eigenvalue weighted by molar-refractivity contribution is -0.113. The first kappa shape index (κ1) is 20.7. The van der Waals surface area contributed by atoms with Gasteiger partial charge in [-0.05, 0) is 50.1 Å². The molecule has 0 spiro atoms. The molecule has 0 aliphatic heterocycles. The third-order valence-electron chi connectivity index (χ3n) is 4.30. The molecule has 0 unspecified atom stereocenters. The normalized spacial score (nSPS) is 10.6. The Labute approximate surface area is 173 Å². The number of nitrogens with zero attached hydrogens (tertiary/aromatic N) is 1. The van der Waals surface area contributed by atoms with Crippen LogP contribution in [0.1, 0.15) is 28.4 Å². The summed E-state index contributed by atoms with van der Waals surface area (Å²) < 4.78 is 10.8. The highest BCUT2D eigenvalue weighted by molar-refractivity contribution is 7.99. The number of aromatic nitrogens is 1. The maximum Gasteiger partial charge on any atom is 0.340 e. The van der Waals surface area contributed by atoms with Gasteiger partial charge in [-0.15, -0.1) is 0 Å². The van der Waals surface area contributed by atoms with Crippen LogP contribution in [0.4, 0.5) is 5.69 Å². The minimum absolute atomic E-state index is 0.101. The molecular formula is C22H22N2O4S. The van der Waals surface area contributed by atoms with Gasteiger partial charge in [0.25, 0.3) is 5.22 Å². The SMILES string of the molecule is CCOC(=O)c1ccccc1NC(=O)CSc1ncc(-c2ccc(C)c(C)c2)o1. The van der Waals surface area contributed by atoms with Gasteiger partial charge in [0.05, 0.1) is 29.8 Å². The van der Waals surface area contributed by atoms with Crippen LogP contribution >= 0.6 is 11.8 Å². The highest BCUT2D eigenvalue weighted by Gasteiger charge is 2.15. The molecule has 0 saturated carbocycles. The van der Waals surface area contributed by atoms with Crippen LogP contribution in [0, 0.1) is 13.8 Å². The van der Waals surface area contributed by atoms with Crippen molar-refractivity contribution in [2.45, 2.75) is 26.0 Å². The van der Waals surface area contributed by atoms with Crippen LogP contribution in [-0.4, -0.2) is 29.2 Å². The highest BCUT2D eigenvalue weighted by Crippen LogP contribution is 2.27. The van der Waals surface area contributed by atoms with Gasteiger partial charge < -0.3 is 14.5 Å². The molecule has 6 nitrogen and oxygen atoms in total. The molecule has 150 valence electrons. The number of nitrogens with one attached hydrogen (secondary N) is 1. The first-order valence-corrected chi connectivity index (χ1v) is 10.2. The number of rotatable bonds is 7. The summed E-state index contributed by atoms with van der Waals surface area (Å²) in [7, 11) is 0. The number of aryl methyl sites for hydroxylation is 2. The van der Waals surface area contributed by atoms with E-state index in [0.717, 1.165) is 5.56 Å². The van der Waals surface area contributed by atoms with E-state index in [2.05, 4.69) is 17.2 Å². The van der Waals surface area contributed by atoms with Gasteiger partial charge in [0.2, 0.25) is 5.91 Å². The van der Waals surface area contributed by atoms with E-state index in [1.807, 2.05) is 25.1 Å². The zero-order valence-electron chi connectivity index (χ0n) is 16.5. The van der Waals surface area contributed by atoms with E-state index in [0.29, 0.717) is 22.2 Å². The van der Waals surface area contributed by atoms with Gasteiger partial charge in [0.15, 0.2) is 5.76 Å². The standard InChI is InChI=1S/C22H22N2O4S/c1-4-27-21(26)17-7-5-6-8-18(17)24-20(25)13-29-22-23-12-19(28-22)16-10-9-14(2)15(3)11-16/h5-12H,4,13H2,1-3H3,(H,24,25). The molecule has 0 radical (unpaired) electrons. The van der Waals surface area contributed by atoms with Crippen LogP contribution in [0.15, 0.2) is 58.3 Å². The zero-order valence-corrected chi connectivity index (χ0v) is 17.3. The largest absolute Gasteiger partial charge is 0.462 e. The van der Waals surface area contributed by atoms with E-state index in [4.69, 9.17) is 9.15 Å². The van der Waals surface area contributed by atoms with Crippen molar-refractivity contribution in [1.29, 1.82) is 0 Å². The topological polar surface area (TPSA) is 81.4 Å². The van der Waals surface area contributed by atoms with Gasteiger partial charge in [-0.25, -0.2) is 9.78 Å². The number of para-hydroxylation sites is 1. The van der Waals surface area contributed by atoms with E-state index < -0.39 is 5.97 Å². The predicted octanol–water partition coefficient (Wildman–Crippen LogP) is 4.87. The minimum Gasteiger partial charge on any atom is -0.462 e. The second kappa shape index (κ2) is 9.43. The molecule has 0 aliphatic rings. The molecule has 0 bridgehead atoms. The number of hydrogen-bond donors (Lipinski definition) is 1. The molecule has 0 atom stereocenters. The Hall–Kier alpha value is -3.06. The molecule has 0 saturated heterocycles. The molecule has 0 aliphatic carbocycles. The third kappa shape index (κ3) is 5.26. The minimum atomic E-state index is -0.471. The summed E-state index contributed by atoms with van der Waals surface area (Å²) >= 11 is 1.19. The summed E-state index contributed by atoms with van der Waals surface area (Å²) in [5, 5.41) is 3.15. The molecule has 2 aromatic carbocycles. The first-order chi connectivity index (χ1) is 14.0. The number of anilines is 1. The van der Waals surface area contributed by atoms with E-state index in [9.17, 15) is 9.59 Å². The lowest BCUT2D eigenvalue weighted by atomic mass is 10.1. The first-order valence-electron chi connectivity index (χ1n) is 9.20. The number of carbonyl (C=O) groups is 2. The fourth-order valence-electron chi connectivity index (χ4n) is 2.65. The number of hydrogen-bond acceptors (Lipinski definition) is 6. The molecule has 0 fully saturated rings. The van der Waals surface area contributed by atoms with Crippen molar-refractivity contribution >= 4 is 29.3 Å². The Bertz CT molecular complexity index is 1030. The molecule has 1 aromatic heterocycles. The summed E-state index contributed by atoms with van der Waals surface area (Å²) in [6.45, 7) is 6.10. The van der Waals surface area contributed by atoms with Crippen molar-refractivity contribution in [3.63, 3.8) is 0 Å². The molecule has 29 heavy (non-hydrogen) atoms. The fraction of sp³-hybridized carbons (Fsp3) is 0.227. The number of carbonyl (C=O) groups excluding carboxylic acids is 2. The van der Waals surface area contributed by atoms with Crippen LogP contribution in [0.25, 0.3) is 11.3 Å². The predicted molar refractivity (Wildman–Crippen MR) is 113 cm³/mol. The van der Waals surface area contributed by atoms with Gasteiger partial charge in [-0.2, -0.15) is 0 Å². The molecule has 1 heterocycles. The second-order valence-electron chi connectivity index (χ2n) is 6.39. The number of amides is 1. The highest BCUT2D eigenvalue weighted by atomic mass is 32.2. The van der Waals surface area contributed by atoms with Crippen LogP contribution < -0.4 is 5.32 Å². The van der Waals surface area contributed by atoms with Gasteiger partial charge in [-0.1, -0.05) is 36.0 Å². The summed E-state index contributed by atoms with van der Waals surface area (Å²) in [5.74, 6) is 0.0208. The van der Waals surface area contributed by atoms with Crippen molar-refractivity contribution in [2.75, 3.05) is 17.7 Å². The number of thioether (sulfide) groups is 1. The third-order valence-corrected chi connectivity index (χ3v) is 5.14. The number of ether oxygens (including phenoxy) is 1. The monoisotopic (exact) mass is 410 g/mol. The van der Waals surface area contributed by atoms with Gasteiger partial charge in [0, 0.05) is 5.56 Å². The molecule has 7 heteroatoms. The van der Waals surface area contributed by atoms with E-state index in [1.54, 1.807) is 37.4 Å². The summed E-state index contributed by atoms with van der Waals surface area (Å²) in [5.41, 5.74) is 4.07. The van der Waals surface area contributed by atoms with Crippen LogP contribution in [0.3, 0.4) is 0 Å². The smallest absolute Gasteiger partial charge is 0.340 e. The van der Waals surface area contributed by atoms with Crippen LogP contribution in [0.5, 0.6) is 0 Å². The van der Waals surface area contributed by atoms with Gasteiger partial charge >= 0.3 is 5.97 Å². The quantitative estimate of drug-likeness (QED) is 0.442. The Kier molecular flexibility index (Phi) is 6.72. The van der Waals surface area contributed by atoms with Crippen molar-refractivity contribution in [2.24, 2.45) is 0 Å². The summed E-state index contributed by atoms with van der Waals surface area (Å²) in [6.07, 6.45) is 1.65. The zero-order chi connectivity index (χ0) is 20.8. The van der Waals surface area contributed by atoms with E-state index in [1.165, 1.54) is 22.9 Å². The average Bonchev–Trinajstić information content (AvgIpc) is 3.18. The Morgan fingerprint density at radius 1 is 1.14 bits per heavy atom. The number of oxazole rings is 1. The number of benzene rings is 2. The van der Waals surface area contributed by atoms with Crippen molar-refractivity contribution in [1.82, 2.24) is 4.98 Å². The molecule has 3 aromatic rings. The molecular weight excluding hydrogens is 388 g/mol. The Morgan fingerprint density at radius 3 is 2.69 bits per heavy atom. The molecule has 1 amide bonds. The van der Waals surface area contributed by atoms with Crippen LogP contribution in [0.2, 0.25) is 0 Å². The van der Waals surface area contributed by atoms with Gasteiger partial charge in [0.1, 0.15) is 0 Å². The average molecular weight is 410 g/mol. The Morgan fingerprint density at radius 2 is 1.93 bits per heavy atom. The fourth-order valence-corrected chi connectivity index (χ4v) is 3.25. The Balaban J connectivity index is 1.61. The number of esters is 1.